The first-order valence-electron chi connectivity index (χ1n) is 9.19. The summed E-state index contributed by atoms with van der Waals surface area (Å²) in [7, 11) is 0. The van der Waals surface area contributed by atoms with Gasteiger partial charge in [0.25, 0.3) is 0 Å². The van der Waals surface area contributed by atoms with Crippen molar-refractivity contribution in [2.45, 2.75) is 70.4 Å². The van der Waals surface area contributed by atoms with Gasteiger partial charge in [0.2, 0.25) is 0 Å². The zero-order valence-electron chi connectivity index (χ0n) is 16.5. The highest BCUT2D eigenvalue weighted by Gasteiger charge is 2.44. The third kappa shape index (κ3) is 7.50. The van der Waals surface area contributed by atoms with Crippen molar-refractivity contribution in [3.05, 3.63) is 10.4 Å². The van der Waals surface area contributed by atoms with Gasteiger partial charge in [-0.15, -0.1) is 0 Å². The molecule has 2 heterocycles. The Morgan fingerprint density at radius 2 is 1.83 bits per heavy atom. The SMILES string of the molecule is CC(=O)OC[C@H]1OC[C@H](OC(C)=O)[C@@H]1OC1C[C@@H](OC(C)=O)C[C@H](CN=[N+]=[N-])O1. The molecule has 0 aromatic heterocycles. The molecule has 0 aromatic carbocycles. The van der Waals surface area contributed by atoms with E-state index in [1.807, 2.05) is 0 Å². The number of rotatable bonds is 8. The lowest BCUT2D eigenvalue weighted by atomic mass is 10.0. The van der Waals surface area contributed by atoms with E-state index >= 15 is 0 Å². The molecule has 0 amide bonds. The summed E-state index contributed by atoms with van der Waals surface area (Å²) in [5.41, 5.74) is 8.54. The van der Waals surface area contributed by atoms with Crippen LogP contribution in [0.2, 0.25) is 0 Å². The first kappa shape index (κ1) is 22.9. The first-order chi connectivity index (χ1) is 13.8. The minimum absolute atomic E-state index is 0.0412. The van der Waals surface area contributed by atoms with E-state index in [9.17, 15) is 14.4 Å². The average molecular weight is 415 g/mol. The number of hydrogen-bond acceptors (Lipinski definition) is 10. The highest BCUT2D eigenvalue weighted by atomic mass is 16.7. The van der Waals surface area contributed by atoms with E-state index in [1.165, 1.54) is 20.8 Å². The maximum absolute atomic E-state index is 11.4. The average Bonchev–Trinajstić information content (AvgIpc) is 2.98. The number of hydrogen-bond donors (Lipinski definition) is 0. The van der Waals surface area contributed by atoms with Gasteiger partial charge in [0.1, 0.15) is 24.9 Å². The molecule has 12 nitrogen and oxygen atoms in total. The van der Waals surface area contributed by atoms with Crippen molar-refractivity contribution in [2.75, 3.05) is 19.8 Å². The molecule has 0 bridgehead atoms. The maximum atomic E-state index is 11.4. The number of carbonyl (C=O) groups excluding carboxylic acids is 3. The van der Waals surface area contributed by atoms with Gasteiger partial charge in [-0.2, -0.15) is 0 Å². The Morgan fingerprint density at radius 1 is 1.10 bits per heavy atom. The molecule has 2 aliphatic heterocycles. The molecule has 2 fully saturated rings. The van der Waals surface area contributed by atoms with Gasteiger partial charge in [0.15, 0.2) is 12.4 Å². The largest absolute Gasteiger partial charge is 0.463 e. The monoisotopic (exact) mass is 415 g/mol. The Labute approximate surface area is 167 Å². The van der Waals surface area contributed by atoms with Crippen LogP contribution in [0.3, 0.4) is 0 Å². The summed E-state index contributed by atoms with van der Waals surface area (Å²) < 4.78 is 32.9. The lowest BCUT2D eigenvalue weighted by Crippen LogP contribution is -2.46. The van der Waals surface area contributed by atoms with Crippen LogP contribution in [0.25, 0.3) is 10.4 Å². The van der Waals surface area contributed by atoms with E-state index in [0.717, 1.165) is 0 Å². The highest BCUT2D eigenvalue weighted by Crippen LogP contribution is 2.29. The van der Waals surface area contributed by atoms with Crippen molar-refractivity contribution in [2.24, 2.45) is 5.11 Å². The summed E-state index contributed by atoms with van der Waals surface area (Å²) in [6.07, 6.45) is -3.42. The predicted molar refractivity (Wildman–Crippen MR) is 94.3 cm³/mol. The van der Waals surface area contributed by atoms with Crippen LogP contribution >= 0.6 is 0 Å². The van der Waals surface area contributed by atoms with Crippen molar-refractivity contribution >= 4 is 17.9 Å². The lowest BCUT2D eigenvalue weighted by Gasteiger charge is -2.36. The van der Waals surface area contributed by atoms with Crippen LogP contribution in [0.1, 0.15) is 33.6 Å². The minimum atomic E-state index is -0.837. The van der Waals surface area contributed by atoms with E-state index in [-0.39, 0.29) is 26.2 Å². The van der Waals surface area contributed by atoms with Gasteiger partial charge in [-0.3, -0.25) is 14.4 Å². The number of ether oxygens (including phenoxy) is 6. The van der Waals surface area contributed by atoms with Crippen LogP contribution in [0.4, 0.5) is 0 Å². The van der Waals surface area contributed by atoms with Crippen LogP contribution in [0.5, 0.6) is 0 Å². The topological polar surface area (TPSA) is 155 Å². The molecule has 0 spiro atoms. The third-order valence-electron chi connectivity index (χ3n) is 4.29. The van der Waals surface area contributed by atoms with Crippen LogP contribution < -0.4 is 0 Å². The fraction of sp³-hybridized carbons (Fsp3) is 0.824. The summed E-state index contributed by atoms with van der Waals surface area (Å²) in [6.45, 7) is 3.85. The molecule has 29 heavy (non-hydrogen) atoms. The van der Waals surface area contributed by atoms with E-state index < -0.39 is 54.7 Å². The summed E-state index contributed by atoms with van der Waals surface area (Å²) in [6, 6.07) is 0. The van der Waals surface area contributed by atoms with Crippen molar-refractivity contribution in [3.63, 3.8) is 0 Å². The normalized spacial score (nSPS) is 31.4. The summed E-state index contributed by atoms with van der Waals surface area (Å²) in [5, 5.41) is 3.50. The Bertz CT molecular complexity index is 640. The standard InChI is InChI=1S/C17H25N3O9/c1-9(21)24-7-14-17(15(8-25-14)27-11(3)23)29-16-5-12(26-10(2)22)4-13(28-16)6-19-20-18/h12-17H,4-8H2,1-3H3/t12-,13+,14+,15-,16?,17+/m0/s1. The van der Waals surface area contributed by atoms with Crippen LogP contribution in [0.15, 0.2) is 5.11 Å². The van der Waals surface area contributed by atoms with E-state index in [4.69, 9.17) is 34.0 Å². The predicted octanol–water partition coefficient (Wildman–Crippen LogP) is 1.01. The van der Waals surface area contributed by atoms with Crippen LogP contribution in [0, 0.1) is 0 Å². The number of esters is 3. The molecule has 6 atom stereocenters. The molecule has 2 aliphatic rings. The zero-order valence-corrected chi connectivity index (χ0v) is 16.5. The molecule has 0 saturated carbocycles. The number of azide groups is 1. The smallest absolute Gasteiger partial charge is 0.303 e. The molecule has 12 heteroatoms. The zero-order chi connectivity index (χ0) is 21.4. The van der Waals surface area contributed by atoms with Gasteiger partial charge in [0, 0.05) is 38.5 Å². The van der Waals surface area contributed by atoms with Gasteiger partial charge in [-0.25, -0.2) is 0 Å². The Kier molecular flexibility index (Phi) is 8.65. The van der Waals surface area contributed by atoms with Gasteiger partial charge in [-0.1, -0.05) is 5.11 Å². The summed E-state index contributed by atoms with van der Waals surface area (Å²) in [5.74, 6) is -1.45. The molecular formula is C17H25N3O9. The third-order valence-corrected chi connectivity index (χ3v) is 4.29. The van der Waals surface area contributed by atoms with Gasteiger partial charge < -0.3 is 28.4 Å². The second-order valence-corrected chi connectivity index (χ2v) is 6.73. The maximum Gasteiger partial charge on any atom is 0.303 e. The van der Waals surface area contributed by atoms with Gasteiger partial charge >= 0.3 is 17.9 Å². The summed E-state index contributed by atoms with van der Waals surface area (Å²) >= 11 is 0. The Morgan fingerprint density at radius 3 is 2.45 bits per heavy atom. The summed E-state index contributed by atoms with van der Waals surface area (Å²) in [4.78, 5) is 36.6. The molecule has 1 unspecified atom stereocenters. The van der Waals surface area contributed by atoms with E-state index in [1.54, 1.807) is 0 Å². The first-order valence-corrected chi connectivity index (χ1v) is 9.19. The van der Waals surface area contributed by atoms with E-state index in [2.05, 4.69) is 10.0 Å². The Balaban J connectivity index is 2.09. The Hall–Kier alpha value is -2.40. The second-order valence-electron chi connectivity index (χ2n) is 6.73. The van der Waals surface area contributed by atoms with Crippen LogP contribution in [-0.2, 0) is 42.8 Å². The van der Waals surface area contributed by atoms with Crippen LogP contribution in [-0.4, -0.2) is 74.5 Å². The van der Waals surface area contributed by atoms with Crippen molar-refractivity contribution in [3.8, 4) is 0 Å². The van der Waals surface area contributed by atoms with Gasteiger partial charge in [0.05, 0.1) is 19.3 Å². The number of nitrogens with zero attached hydrogens (tertiary/aromatic N) is 3. The molecule has 0 aromatic rings. The second kappa shape index (κ2) is 11.0. The highest BCUT2D eigenvalue weighted by molar-refractivity contribution is 5.66. The molecule has 0 radical (unpaired) electrons. The molecule has 0 aliphatic carbocycles. The van der Waals surface area contributed by atoms with Crippen molar-refractivity contribution in [1.29, 1.82) is 0 Å². The lowest BCUT2D eigenvalue weighted by molar-refractivity contribution is -0.250. The van der Waals surface area contributed by atoms with Crippen molar-refractivity contribution < 1.29 is 42.8 Å². The fourth-order valence-electron chi connectivity index (χ4n) is 3.25. The fourth-order valence-corrected chi connectivity index (χ4v) is 3.25. The molecule has 2 saturated heterocycles. The molecule has 162 valence electrons. The minimum Gasteiger partial charge on any atom is -0.463 e. The molecule has 0 N–H and O–H groups in total. The molecular weight excluding hydrogens is 390 g/mol. The number of carbonyl (C=O) groups is 3. The van der Waals surface area contributed by atoms with Gasteiger partial charge in [-0.05, 0) is 5.53 Å². The van der Waals surface area contributed by atoms with Crippen molar-refractivity contribution in [1.82, 2.24) is 0 Å². The van der Waals surface area contributed by atoms with E-state index in [0.29, 0.717) is 6.42 Å². The quantitative estimate of drug-likeness (QED) is 0.186. The molecule has 2 rings (SSSR count).